The number of hydrogen-bond acceptors (Lipinski definition) is 7. The molecule has 1 aliphatic heterocycles. The van der Waals surface area contributed by atoms with Crippen LogP contribution in [0, 0.1) is 0 Å². The largest absolute Gasteiger partial charge is 0.497 e. The average Bonchev–Trinajstić information content (AvgIpc) is 2.67. The number of amides is 2. The van der Waals surface area contributed by atoms with Crippen molar-refractivity contribution >= 4 is 22.0 Å². The predicted octanol–water partition coefficient (Wildman–Crippen LogP) is 0.273. The zero-order valence-corrected chi connectivity index (χ0v) is 15.8. The predicted molar refractivity (Wildman–Crippen MR) is 93.3 cm³/mol. The van der Waals surface area contributed by atoms with E-state index in [4.69, 9.17) is 4.74 Å². The van der Waals surface area contributed by atoms with Crippen LogP contribution in [0.4, 0.5) is 4.79 Å². The second-order valence-electron chi connectivity index (χ2n) is 5.77. The number of rotatable bonds is 5. The molecule has 144 valence electrons. The average molecular weight is 385 g/mol. The van der Waals surface area contributed by atoms with E-state index >= 15 is 0 Å². The monoisotopic (exact) mass is 385 g/mol. The lowest BCUT2D eigenvalue weighted by molar-refractivity contribution is -0.125. The summed E-state index contributed by atoms with van der Waals surface area (Å²) in [6.45, 7) is 2.93. The third-order valence-electron chi connectivity index (χ3n) is 4.31. The van der Waals surface area contributed by atoms with Crippen LogP contribution in [0.5, 0.6) is 5.75 Å². The lowest BCUT2D eigenvalue weighted by Gasteiger charge is -2.36. The Hall–Kier alpha value is -2.17. The van der Waals surface area contributed by atoms with Crippen molar-refractivity contribution in [2.45, 2.75) is 17.9 Å². The Morgan fingerprint density at radius 1 is 1.08 bits per heavy atom. The van der Waals surface area contributed by atoms with Crippen molar-refractivity contribution in [2.24, 2.45) is 0 Å². The summed E-state index contributed by atoms with van der Waals surface area (Å²) in [7, 11) is -0.912. The molecule has 1 aromatic carbocycles. The Kier molecular flexibility index (Phi) is 6.57. The first-order valence-electron chi connectivity index (χ1n) is 8.06. The lowest BCUT2D eigenvalue weighted by atomic mass is 10.2. The zero-order chi connectivity index (χ0) is 19.3. The van der Waals surface area contributed by atoms with Crippen molar-refractivity contribution in [3.8, 4) is 5.75 Å². The third kappa shape index (κ3) is 4.51. The SMILES string of the molecule is COC(=O)NC(=O)[C@H](C)N1CCN(S(=O)(=O)c2ccc(OC)cc2)CC1. The van der Waals surface area contributed by atoms with Crippen LogP contribution < -0.4 is 10.1 Å². The number of nitrogens with one attached hydrogen (secondary N) is 1. The Balaban J connectivity index is 1.98. The maximum Gasteiger partial charge on any atom is 0.413 e. The quantitative estimate of drug-likeness (QED) is 0.776. The van der Waals surface area contributed by atoms with Gasteiger partial charge in [0.2, 0.25) is 15.9 Å². The van der Waals surface area contributed by atoms with Gasteiger partial charge < -0.3 is 9.47 Å². The molecule has 0 aromatic heterocycles. The van der Waals surface area contributed by atoms with Gasteiger partial charge in [0, 0.05) is 26.2 Å². The second-order valence-corrected chi connectivity index (χ2v) is 7.71. The molecule has 1 aliphatic rings. The fraction of sp³-hybridized carbons (Fsp3) is 0.500. The topological polar surface area (TPSA) is 105 Å². The van der Waals surface area contributed by atoms with Crippen LogP contribution in [0.3, 0.4) is 0 Å². The molecule has 2 amide bonds. The Morgan fingerprint density at radius 2 is 1.65 bits per heavy atom. The molecule has 26 heavy (non-hydrogen) atoms. The minimum Gasteiger partial charge on any atom is -0.497 e. The van der Waals surface area contributed by atoms with E-state index in [1.807, 2.05) is 4.90 Å². The van der Waals surface area contributed by atoms with Gasteiger partial charge in [0.25, 0.3) is 0 Å². The number of sulfonamides is 1. The molecule has 1 fully saturated rings. The van der Waals surface area contributed by atoms with Gasteiger partial charge >= 0.3 is 6.09 Å². The van der Waals surface area contributed by atoms with Crippen LogP contribution in [-0.2, 0) is 19.6 Å². The van der Waals surface area contributed by atoms with Crippen molar-refractivity contribution < 1.29 is 27.5 Å². The minimum absolute atomic E-state index is 0.197. The molecule has 2 rings (SSSR count). The number of carbonyl (C=O) groups is 2. The molecule has 1 aromatic rings. The van der Waals surface area contributed by atoms with E-state index < -0.39 is 28.1 Å². The van der Waals surface area contributed by atoms with E-state index in [0.717, 1.165) is 0 Å². The third-order valence-corrected chi connectivity index (χ3v) is 6.22. The van der Waals surface area contributed by atoms with Crippen molar-refractivity contribution in [2.75, 3.05) is 40.4 Å². The van der Waals surface area contributed by atoms with E-state index in [-0.39, 0.29) is 18.0 Å². The van der Waals surface area contributed by atoms with Crippen LogP contribution >= 0.6 is 0 Å². The summed E-state index contributed by atoms with van der Waals surface area (Å²) in [5.74, 6) is 0.0996. The van der Waals surface area contributed by atoms with Gasteiger partial charge in [0.15, 0.2) is 0 Å². The molecule has 0 bridgehead atoms. The Morgan fingerprint density at radius 3 is 2.15 bits per heavy atom. The molecular formula is C16H23N3O6S. The molecule has 10 heteroatoms. The molecule has 1 heterocycles. The summed E-state index contributed by atoms with van der Waals surface area (Å²) < 4.78 is 36.2. The number of benzene rings is 1. The molecule has 0 spiro atoms. The highest BCUT2D eigenvalue weighted by molar-refractivity contribution is 7.89. The molecule has 0 saturated carbocycles. The summed E-state index contributed by atoms with van der Waals surface area (Å²) in [4.78, 5) is 25.1. The van der Waals surface area contributed by atoms with Crippen molar-refractivity contribution in [1.29, 1.82) is 0 Å². The van der Waals surface area contributed by atoms with Gasteiger partial charge in [-0.3, -0.25) is 15.0 Å². The molecular weight excluding hydrogens is 362 g/mol. The summed E-state index contributed by atoms with van der Waals surface area (Å²) in [6.07, 6.45) is -0.817. The van der Waals surface area contributed by atoms with Gasteiger partial charge in [0.1, 0.15) is 5.75 Å². The number of ether oxygens (including phenoxy) is 2. The number of hydrogen-bond donors (Lipinski definition) is 1. The molecule has 0 unspecified atom stereocenters. The fourth-order valence-electron chi connectivity index (χ4n) is 2.65. The van der Waals surface area contributed by atoms with Gasteiger partial charge in [-0.2, -0.15) is 4.31 Å². The zero-order valence-electron chi connectivity index (χ0n) is 15.0. The van der Waals surface area contributed by atoms with E-state index in [9.17, 15) is 18.0 Å². The Labute approximate surface area is 152 Å². The number of imide groups is 1. The van der Waals surface area contributed by atoms with E-state index in [0.29, 0.717) is 18.8 Å². The van der Waals surface area contributed by atoms with Crippen LogP contribution in [0.25, 0.3) is 0 Å². The molecule has 1 N–H and O–H groups in total. The van der Waals surface area contributed by atoms with Crippen LogP contribution in [0.2, 0.25) is 0 Å². The van der Waals surface area contributed by atoms with Crippen LogP contribution in [0.1, 0.15) is 6.92 Å². The molecule has 1 saturated heterocycles. The lowest BCUT2D eigenvalue weighted by Crippen LogP contribution is -2.55. The first-order valence-corrected chi connectivity index (χ1v) is 9.50. The first-order chi connectivity index (χ1) is 12.3. The number of piperazine rings is 1. The highest BCUT2D eigenvalue weighted by Crippen LogP contribution is 2.21. The Bertz CT molecular complexity index is 742. The maximum atomic E-state index is 12.7. The second kappa shape index (κ2) is 8.47. The number of carbonyl (C=O) groups excluding carboxylic acids is 2. The molecule has 1 atom stereocenters. The van der Waals surface area contributed by atoms with Crippen LogP contribution in [0.15, 0.2) is 29.2 Å². The summed E-state index contributed by atoms with van der Waals surface area (Å²) >= 11 is 0. The van der Waals surface area contributed by atoms with Crippen molar-refractivity contribution in [1.82, 2.24) is 14.5 Å². The fourth-order valence-corrected chi connectivity index (χ4v) is 4.07. The van der Waals surface area contributed by atoms with Crippen molar-refractivity contribution in [3.05, 3.63) is 24.3 Å². The molecule has 0 aliphatic carbocycles. The normalized spacial score (nSPS) is 17.3. The molecule has 0 radical (unpaired) electrons. The van der Waals surface area contributed by atoms with E-state index in [2.05, 4.69) is 10.1 Å². The van der Waals surface area contributed by atoms with Gasteiger partial charge in [-0.05, 0) is 31.2 Å². The van der Waals surface area contributed by atoms with E-state index in [1.165, 1.54) is 30.7 Å². The summed E-state index contributed by atoms with van der Waals surface area (Å²) in [5.41, 5.74) is 0. The minimum atomic E-state index is -3.60. The van der Waals surface area contributed by atoms with Gasteiger partial charge in [-0.15, -0.1) is 0 Å². The number of alkyl carbamates (subject to hydrolysis) is 1. The number of nitrogens with zero attached hydrogens (tertiary/aromatic N) is 2. The summed E-state index contributed by atoms with van der Waals surface area (Å²) in [5, 5.41) is 2.12. The van der Waals surface area contributed by atoms with E-state index in [1.54, 1.807) is 19.1 Å². The van der Waals surface area contributed by atoms with Crippen molar-refractivity contribution in [3.63, 3.8) is 0 Å². The standard InChI is InChI=1S/C16H23N3O6S/c1-12(15(20)17-16(21)25-3)18-8-10-19(11-9-18)26(22,23)14-6-4-13(24-2)5-7-14/h4-7,12H,8-11H2,1-3H3,(H,17,20,21)/t12-/m0/s1. The first kappa shape index (κ1) is 20.1. The van der Waals surface area contributed by atoms with Gasteiger partial charge in [0.05, 0.1) is 25.2 Å². The highest BCUT2D eigenvalue weighted by atomic mass is 32.2. The number of methoxy groups -OCH3 is 2. The van der Waals surface area contributed by atoms with Crippen LogP contribution in [-0.4, -0.2) is 76.1 Å². The van der Waals surface area contributed by atoms with Gasteiger partial charge in [-0.25, -0.2) is 13.2 Å². The van der Waals surface area contributed by atoms with Gasteiger partial charge in [-0.1, -0.05) is 0 Å². The maximum absolute atomic E-state index is 12.7. The summed E-state index contributed by atoms with van der Waals surface area (Å²) in [6, 6.07) is 5.64. The highest BCUT2D eigenvalue weighted by Gasteiger charge is 2.32. The molecule has 9 nitrogen and oxygen atoms in total. The smallest absolute Gasteiger partial charge is 0.413 e.